The number of carbonyl (C=O) groups is 1. The molecule has 0 saturated carbocycles. The molecule has 1 aromatic rings. The Morgan fingerprint density at radius 2 is 1.56 bits per heavy atom. The van der Waals surface area contributed by atoms with Crippen LogP contribution in [0.15, 0.2) is 24.3 Å². The minimum absolute atomic E-state index is 0.236. The molecular formula is C14H20O4. The van der Waals surface area contributed by atoms with Gasteiger partial charge in [0.05, 0.1) is 26.2 Å². The van der Waals surface area contributed by atoms with E-state index in [0.29, 0.717) is 19.8 Å². The quantitative estimate of drug-likeness (QED) is 0.667. The highest BCUT2D eigenvalue weighted by Gasteiger charge is 2.02. The van der Waals surface area contributed by atoms with Crippen molar-refractivity contribution in [3.8, 4) is 11.5 Å². The van der Waals surface area contributed by atoms with E-state index in [9.17, 15) is 4.79 Å². The van der Waals surface area contributed by atoms with Gasteiger partial charge >= 0.3 is 5.97 Å². The second kappa shape index (κ2) is 8.39. The second-order valence-corrected chi connectivity index (χ2v) is 3.72. The molecule has 0 fully saturated rings. The fraction of sp³-hybridized carbons (Fsp3) is 0.500. The molecule has 18 heavy (non-hydrogen) atoms. The summed E-state index contributed by atoms with van der Waals surface area (Å²) in [7, 11) is 0. The van der Waals surface area contributed by atoms with Gasteiger partial charge in [0.25, 0.3) is 0 Å². The number of esters is 1. The van der Waals surface area contributed by atoms with Gasteiger partial charge < -0.3 is 14.2 Å². The van der Waals surface area contributed by atoms with Crippen LogP contribution >= 0.6 is 0 Å². The lowest BCUT2D eigenvalue weighted by Gasteiger charge is -2.08. The maximum Gasteiger partial charge on any atom is 0.309 e. The van der Waals surface area contributed by atoms with Gasteiger partial charge in [-0.3, -0.25) is 4.79 Å². The summed E-state index contributed by atoms with van der Waals surface area (Å²) in [5.41, 5.74) is 0. The first kappa shape index (κ1) is 14.4. The molecule has 0 heterocycles. The molecule has 0 aliphatic carbocycles. The van der Waals surface area contributed by atoms with Gasteiger partial charge in [-0.25, -0.2) is 0 Å². The summed E-state index contributed by atoms with van der Waals surface area (Å²) in [5, 5.41) is 0. The van der Waals surface area contributed by atoms with Crippen molar-refractivity contribution in [2.75, 3.05) is 19.8 Å². The number of rotatable bonds is 8. The molecule has 0 bridgehead atoms. The highest BCUT2D eigenvalue weighted by atomic mass is 16.5. The van der Waals surface area contributed by atoms with E-state index >= 15 is 0 Å². The van der Waals surface area contributed by atoms with Gasteiger partial charge in [-0.1, -0.05) is 6.92 Å². The van der Waals surface area contributed by atoms with Crippen molar-refractivity contribution >= 4 is 5.97 Å². The molecule has 0 amide bonds. The fourth-order valence-corrected chi connectivity index (χ4v) is 1.34. The van der Waals surface area contributed by atoms with Crippen molar-refractivity contribution in [3.63, 3.8) is 0 Å². The van der Waals surface area contributed by atoms with E-state index < -0.39 is 0 Å². The molecule has 1 aromatic carbocycles. The van der Waals surface area contributed by atoms with E-state index in [1.54, 1.807) is 6.92 Å². The average molecular weight is 252 g/mol. The monoisotopic (exact) mass is 252 g/mol. The van der Waals surface area contributed by atoms with Crippen molar-refractivity contribution in [3.05, 3.63) is 24.3 Å². The normalized spacial score (nSPS) is 9.89. The molecule has 4 heteroatoms. The summed E-state index contributed by atoms with van der Waals surface area (Å²) in [6.07, 6.45) is 1.25. The largest absolute Gasteiger partial charge is 0.494 e. The third-order valence-corrected chi connectivity index (χ3v) is 2.18. The summed E-state index contributed by atoms with van der Waals surface area (Å²) in [4.78, 5) is 11.1. The second-order valence-electron chi connectivity index (χ2n) is 3.72. The lowest BCUT2D eigenvalue weighted by atomic mass is 10.3. The maximum absolute atomic E-state index is 11.1. The maximum atomic E-state index is 11.1. The van der Waals surface area contributed by atoms with Gasteiger partial charge in [-0.05, 0) is 37.6 Å². The van der Waals surface area contributed by atoms with Crippen LogP contribution in [0.1, 0.15) is 26.7 Å². The van der Waals surface area contributed by atoms with Crippen LogP contribution in [0, 0.1) is 0 Å². The molecule has 100 valence electrons. The Labute approximate surface area is 108 Å². The van der Waals surface area contributed by atoms with Crippen molar-refractivity contribution in [2.45, 2.75) is 26.7 Å². The number of benzene rings is 1. The molecule has 0 unspecified atom stereocenters. The Morgan fingerprint density at radius 3 is 2.06 bits per heavy atom. The number of hydrogen-bond acceptors (Lipinski definition) is 4. The summed E-state index contributed by atoms with van der Waals surface area (Å²) in [6.45, 7) is 5.29. The topological polar surface area (TPSA) is 44.8 Å². The van der Waals surface area contributed by atoms with E-state index in [1.807, 2.05) is 24.3 Å². The van der Waals surface area contributed by atoms with Gasteiger partial charge in [-0.15, -0.1) is 0 Å². The van der Waals surface area contributed by atoms with Crippen LogP contribution in [0.4, 0.5) is 0 Å². The molecule has 0 spiro atoms. The van der Waals surface area contributed by atoms with Crippen LogP contribution < -0.4 is 9.47 Å². The van der Waals surface area contributed by atoms with Gasteiger partial charge in [-0.2, -0.15) is 0 Å². The predicted octanol–water partition coefficient (Wildman–Crippen LogP) is 2.81. The first-order valence-electron chi connectivity index (χ1n) is 6.27. The highest BCUT2D eigenvalue weighted by Crippen LogP contribution is 2.17. The zero-order valence-corrected chi connectivity index (χ0v) is 11.0. The highest BCUT2D eigenvalue weighted by molar-refractivity contribution is 5.69. The lowest BCUT2D eigenvalue weighted by molar-refractivity contribution is -0.143. The molecule has 1 rings (SSSR count). The lowest BCUT2D eigenvalue weighted by Crippen LogP contribution is -2.09. The Bertz CT molecular complexity index is 345. The Morgan fingerprint density at radius 1 is 1.00 bits per heavy atom. The zero-order chi connectivity index (χ0) is 13.2. The van der Waals surface area contributed by atoms with Gasteiger partial charge in [0, 0.05) is 0 Å². The van der Waals surface area contributed by atoms with Crippen LogP contribution in [-0.4, -0.2) is 25.8 Å². The molecule has 0 N–H and O–H groups in total. The third-order valence-electron chi connectivity index (χ3n) is 2.18. The third kappa shape index (κ3) is 5.57. The molecule has 4 nitrogen and oxygen atoms in total. The Kier molecular flexibility index (Phi) is 6.69. The summed E-state index contributed by atoms with van der Waals surface area (Å²) in [6, 6.07) is 7.37. The number of ether oxygens (including phenoxy) is 3. The van der Waals surface area contributed by atoms with Crippen LogP contribution in [0.25, 0.3) is 0 Å². The molecule has 0 aromatic heterocycles. The molecular weight excluding hydrogens is 232 g/mol. The standard InChI is InChI=1S/C14H20O4/c1-3-10-17-12-5-7-13(8-6-12)18-11-9-14(15)16-4-2/h5-8H,3-4,9-11H2,1-2H3. The Balaban J connectivity index is 2.28. The summed E-state index contributed by atoms with van der Waals surface area (Å²) < 4.78 is 15.7. The molecule has 0 aliphatic rings. The predicted molar refractivity (Wildman–Crippen MR) is 69.0 cm³/mol. The van der Waals surface area contributed by atoms with Crippen molar-refractivity contribution in [1.82, 2.24) is 0 Å². The van der Waals surface area contributed by atoms with Crippen LogP contribution in [0.3, 0.4) is 0 Å². The summed E-state index contributed by atoms with van der Waals surface area (Å²) in [5.74, 6) is 1.32. The minimum atomic E-state index is -0.236. The zero-order valence-electron chi connectivity index (χ0n) is 11.0. The number of hydrogen-bond donors (Lipinski definition) is 0. The van der Waals surface area contributed by atoms with Crippen molar-refractivity contribution < 1.29 is 19.0 Å². The first-order valence-corrected chi connectivity index (χ1v) is 6.27. The SMILES string of the molecule is CCCOc1ccc(OCCC(=O)OCC)cc1. The smallest absolute Gasteiger partial charge is 0.309 e. The van der Waals surface area contributed by atoms with Crippen LogP contribution in [0.5, 0.6) is 11.5 Å². The molecule has 0 saturated heterocycles. The van der Waals surface area contributed by atoms with Gasteiger partial charge in [0.2, 0.25) is 0 Å². The minimum Gasteiger partial charge on any atom is -0.494 e. The van der Waals surface area contributed by atoms with Crippen molar-refractivity contribution in [1.29, 1.82) is 0 Å². The van der Waals surface area contributed by atoms with E-state index in [1.165, 1.54) is 0 Å². The van der Waals surface area contributed by atoms with Gasteiger partial charge in [0.15, 0.2) is 0 Å². The van der Waals surface area contributed by atoms with E-state index in [0.717, 1.165) is 17.9 Å². The average Bonchev–Trinajstić information content (AvgIpc) is 2.38. The fourth-order valence-electron chi connectivity index (χ4n) is 1.34. The van der Waals surface area contributed by atoms with Crippen LogP contribution in [-0.2, 0) is 9.53 Å². The molecule has 0 radical (unpaired) electrons. The van der Waals surface area contributed by atoms with E-state index in [-0.39, 0.29) is 12.4 Å². The van der Waals surface area contributed by atoms with E-state index in [4.69, 9.17) is 14.2 Å². The van der Waals surface area contributed by atoms with Crippen molar-refractivity contribution in [2.24, 2.45) is 0 Å². The molecule has 0 aliphatic heterocycles. The first-order chi connectivity index (χ1) is 8.76. The van der Waals surface area contributed by atoms with Crippen LogP contribution in [0.2, 0.25) is 0 Å². The van der Waals surface area contributed by atoms with Gasteiger partial charge in [0.1, 0.15) is 11.5 Å². The number of carbonyl (C=O) groups excluding carboxylic acids is 1. The Hall–Kier alpha value is -1.71. The molecule has 0 atom stereocenters. The summed E-state index contributed by atoms with van der Waals surface area (Å²) >= 11 is 0. The van der Waals surface area contributed by atoms with E-state index in [2.05, 4.69) is 6.92 Å².